The maximum atomic E-state index is 4.78. The molecular weight excluding hydrogens is 150 g/mol. The Hall–Kier alpha value is -1.23. The molecule has 1 radical (unpaired) electrons. The van der Waals surface area contributed by atoms with E-state index in [0.717, 1.165) is 5.01 Å². The van der Waals surface area contributed by atoms with Gasteiger partial charge < -0.3 is 4.42 Å². The summed E-state index contributed by atoms with van der Waals surface area (Å²) in [6, 6.07) is 0. The third-order valence-corrected chi connectivity index (χ3v) is 1.70. The molecule has 2 rings (SSSR count). The minimum absolute atomic E-state index is 0.426. The molecule has 0 atom stereocenters. The number of nitrogens with zero attached hydrogens (tertiary/aromatic N) is 3. The maximum absolute atomic E-state index is 4.78. The first-order valence-electron chi connectivity index (χ1n) is 2.56. The molecular formula is C5H2N3OS. The van der Waals surface area contributed by atoms with Crippen LogP contribution in [0.3, 0.4) is 0 Å². The van der Waals surface area contributed by atoms with Crippen molar-refractivity contribution in [1.82, 2.24) is 15.2 Å². The number of hydrogen-bond donors (Lipinski definition) is 0. The first kappa shape index (κ1) is 5.55. The average molecular weight is 152 g/mol. The Kier molecular flexibility index (Phi) is 1.21. The van der Waals surface area contributed by atoms with Gasteiger partial charge in [0.05, 0.1) is 0 Å². The Morgan fingerprint density at radius 2 is 2.60 bits per heavy atom. The highest BCUT2D eigenvalue weighted by Gasteiger charge is 2.04. The van der Waals surface area contributed by atoms with Gasteiger partial charge in [0.1, 0.15) is 0 Å². The van der Waals surface area contributed by atoms with Crippen LogP contribution in [0.2, 0.25) is 0 Å². The van der Waals surface area contributed by atoms with Crippen molar-refractivity contribution in [3.63, 3.8) is 0 Å². The van der Waals surface area contributed by atoms with Gasteiger partial charge in [-0.1, -0.05) is 0 Å². The standard InChI is InChI=1S/C5H2N3OS/c1-2-10-5(6-1)4-8-7-3-9-4/h1-2H. The SMILES string of the molecule is [c]1nnc(-c2nccs2)o1. The number of hydrogen-bond acceptors (Lipinski definition) is 5. The maximum Gasteiger partial charge on any atom is 0.306 e. The minimum atomic E-state index is 0.426. The van der Waals surface area contributed by atoms with E-state index in [-0.39, 0.29) is 0 Å². The molecule has 0 N–H and O–H groups in total. The number of aromatic nitrogens is 3. The number of thiazole rings is 1. The Bertz CT molecular complexity index is 256. The first-order chi connectivity index (χ1) is 4.97. The van der Waals surface area contributed by atoms with E-state index in [0.29, 0.717) is 5.89 Å². The van der Waals surface area contributed by atoms with Gasteiger partial charge >= 0.3 is 6.39 Å². The molecule has 0 bridgehead atoms. The third kappa shape index (κ3) is 0.801. The first-order valence-corrected chi connectivity index (χ1v) is 3.44. The Labute approximate surface area is 60.6 Å². The Morgan fingerprint density at radius 1 is 1.60 bits per heavy atom. The van der Waals surface area contributed by atoms with Crippen LogP contribution in [0.25, 0.3) is 10.9 Å². The van der Waals surface area contributed by atoms with E-state index in [1.165, 1.54) is 11.3 Å². The highest BCUT2D eigenvalue weighted by molar-refractivity contribution is 7.12. The molecule has 2 aromatic heterocycles. The molecule has 0 unspecified atom stereocenters. The summed E-state index contributed by atoms with van der Waals surface area (Å²) < 4.78 is 4.78. The molecule has 0 aromatic carbocycles. The van der Waals surface area contributed by atoms with Gasteiger partial charge in [-0.2, -0.15) is 0 Å². The van der Waals surface area contributed by atoms with E-state index in [4.69, 9.17) is 4.42 Å². The lowest BCUT2D eigenvalue weighted by Crippen LogP contribution is -1.73. The topological polar surface area (TPSA) is 51.8 Å². The summed E-state index contributed by atoms with van der Waals surface area (Å²) in [6.45, 7) is 0. The van der Waals surface area contributed by atoms with Crippen LogP contribution in [0.15, 0.2) is 16.0 Å². The molecule has 10 heavy (non-hydrogen) atoms. The smallest absolute Gasteiger partial charge is 0.306 e. The Morgan fingerprint density at radius 3 is 3.20 bits per heavy atom. The van der Waals surface area contributed by atoms with E-state index < -0.39 is 0 Å². The van der Waals surface area contributed by atoms with Crippen LogP contribution in [-0.4, -0.2) is 15.2 Å². The van der Waals surface area contributed by atoms with Crippen LogP contribution in [0.5, 0.6) is 0 Å². The van der Waals surface area contributed by atoms with E-state index in [2.05, 4.69) is 21.6 Å². The lowest BCUT2D eigenvalue weighted by Gasteiger charge is -1.79. The van der Waals surface area contributed by atoms with Crippen molar-refractivity contribution in [3.8, 4) is 10.9 Å². The van der Waals surface area contributed by atoms with Crippen molar-refractivity contribution in [2.24, 2.45) is 0 Å². The van der Waals surface area contributed by atoms with Crippen LogP contribution < -0.4 is 0 Å². The monoisotopic (exact) mass is 152 g/mol. The Balaban J connectivity index is 2.48. The second-order valence-corrected chi connectivity index (χ2v) is 2.43. The van der Waals surface area contributed by atoms with Gasteiger partial charge in [-0.3, -0.25) is 0 Å². The normalized spacial score (nSPS) is 10.0. The van der Waals surface area contributed by atoms with Gasteiger partial charge in [0.25, 0.3) is 5.89 Å². The fourth-order valence-electron chi connectivity index (χ4n) is 0.565. The molecule has 0 amide bonds. The zero-order chi connectivity index (χ0) is 6.81. The van der Waals surface area contributed by atoms with Crippen molar-refractivity contribution >= 4 is 11.3 Å². The molecule has 4 nitrogen and oxygen atoms in total. The molecule has 0 spiro atoms. The van der Waals surface area contributed by atoms with Crippen molar-refractivity contribution < 1.29 is 4.42 Å². The predicted octanol–water partition coefficient (Wildman–Crippen LogP) is 0.993. The minimum Gasteiger partial charge on any atom is -0.410 e. The van der Waals surface area contributed by atoms with Gasteiger partial charge in [-0.15, -0.1) is 21.5 Å². The number of rotatable bonds is 1. The van der Waals surface area contributed by atoms with Crippen LogP contribution in [0.1, 0.15) is 0 Å². The quantitative estimate of drug-likeness (QED) is 0.611. The highest BCUT2D eigenvalue weighted by atomic mass is 32.1. The largest absolute Gasteiger partial charge is 0.410 e. The fourth-order valence-corrected chi connectivity index (χ4v) is 1.12. The fraction of sp³-hybridized carbons (Fsp3) is 0. The molecule has 0 aliphatic heterocycles. The van der Waals surface area contributed by atoms with Crippen molar-refractivity contribution in [2.75, 3.05) is 0 Å². The zero-order valence-corrected chi connectivity index (χ0v) is 5.63. The predicted molar refractivity (Wildman–Crippen MR) is 34.2 cm³/mol. The van der Waals surface area contributed by atoms with Crippen LogP contribution in [0, 0.1) is 6.39 Å². The van der Waals surface area contributed by atoms with Gasteiger partial charge in [-0.25, -0.2) is 4.98 Å². The summed E-state index contributed by atoms with van der Waals surface area (Å²) in [7, 11) is 0. The molecule has 0 aliphatic carbocycles. The average Bonchev–Trinajstić information content (AvgIpc) is 2.59. The molecule has 0 saturated heterocycles. The molecule has 2 heterocycles. The lowest BCUT2D eigenvalue weighted by molar-refractivity contribution is 0.558. The molecule has 0 fully saturated rings. The van der Waals surface area contributed by atoms with Crippen molar-refractivity contribution in [1.29, 1.82) is 0 Å². The second kappa shape index (κ2) is 2.18. The van der Waals surface area contributed by atoms with Gasteiger partial charge in [-0.05, 0) is 0 Å². The molecule has 2 aromatic rings. The second-order valence-electron chi connectivity index (χ2n) is 1.54. The van der Waals surface area contributed by atoms with Gasteiger partial charge in [0.2, 0.25) is 0 Å². The van der Waals surface area contributed by atoms with Gasteiger partial charge in [0.15, 0.2) is 5.01 Å². The van der Waals surface area contributed by atoms with Crippen LogP contribution >= 0.6 is 11.3 Å². The zero-order valence-electron chi connectivity index (χ0n) is 4.81. The van der Waals surface area contributed by atoms with Crippen LogP contribution in [-0.2, 0) is 0 Å². The third-order valence-electron chi connectivity index (χ3n) is 0.939. The molecule has 0 aliphatic rings. The van der Waals surface area contributed by atoms with E-state index >= 15 is 0 Å². The van der Waals surface area contributed by atoms with Crippen molar-refractivity contribution in [2.45, 2.75) is 0 Å². The van der Waals surface area contributed by atoms with Crippen LogP contribution in [0.4, 0.5) is 0 Å². The molecule has 0 saturated carbocycles. The molecule has 5 heteroatoms. The summed E-state index contributed by atoms with van der Waals surface area (Å²) in [5.41, 5.74) is 0. The van der Waals surface area contributed by atoms with Gasteiger partial charge in [0, 0.05) is 11.6 Å². The summed E-state index contributed by atoms with van der Waals surface area (Å²) in [4.78, 5) is 3.96. The van der Waals surface area contributed by atoms with Crippen molar-refractivity contribution in [3.05, 3.63) is 18.0 Å². The van der Waals surface area contributed by atoms with E-state index in [9.17, 15) is 0 Å². The summed E-state index contributed by atoms with van der Waals surface area (Å²) in [5, 5.41) is 9.61. The molecule has 49 valence electrons. The highest BCUT2D eigenvalue weighted by Crippen LogP contribution is 2.17. The summed E-state index contributed by atoms with van der Waals surface area (Å²) in [5.74, 6) is 0.426. The lowest BCUT2D eigenvalue weighted by atomic mass is 10.7. The summed E-state index contributed by atoms with van der Waals surface area (Å²) >= 11 is 1.45. The van der Waals surface area contributed by atoms with E-state index in [1.807, 2.05) is 5.38 Å². The summed E-state index contributed by atoms with van der Waals surface area (Å²) in [6.07, 6.45) is 3.93. The van der Waals surface area contributed by atoms with E-state index in [1.54, 1.807) is 6.20 Å².